The number of amidine groups is 5. The lowest BCUT2D eigenvalue weighted by atomic mass is 10.0. The number of nitrogens with one attached hydrogen (secondary N) is 3. The zero-order valence-electron chi connectivity index (χ0n) is 29.0. The van der Waals surface area contributed by atoms with Crippen LogP contribution in [0.25, 0.3) is 33.4 Å². The van der Waals surface area contributed by atoms with Gasteiger partial charge in [-0.15, -0.1) is 11.3 Å². The third kappa shape index (κ3) is 5.08. The second kappa shape index (κ2) is 12.0. The molecule has 0 amide bonds. The summed E-state index contributed by atoms with van der Waals surface area (Å²) in [4.78, 5) is 31.6. The van der Waals surface area contributed by atoms with Crippen LogP contribution in [-0.2, 0) is 0 Å². The SMILES string of the molecule is Cc1ccc(/C=C/c2ccc(-c3ccc4c(c3)/C3=N/c5[nH]c(c6ccccc56)/N=C5\N=C(N=C6NC(NC4=N3)c3ccccc36)c3ccccc35)s2)cc1. The molecule has 0 saturated heterocycles. The van der Waals surface area contributed by atoms with Crippen molar-refractivity contribution >= 4 is 75.1 Å². The fourth-order valence-corrected chi connectivity index (χ4v) is 8.37. The second-order valence-electron chi connectivity index (χ2n) is 13.7. The number of H-pyrrole nitrogens is 1. The molecule has 11 rings (SSSR count). The van der Waals surface area contributed by atoms with Gasteiger partial charge in [0.2, 0.25) is 0 Å². The van der Waals surface area contributed by atoms with Crippen LogP contribution in [0.1, 0.15) is 55.6 Å². The number of benzene rings is 5. The zero-order valence-corrected chi connectivity index (χ0v) is 29.8. The van der Waals surface area contributed by atoms with E-state index in [0.29, 0.717) is 29.1 Å². The molecule has 0 saturated carbocycles. The van der Waals surface area contributed by atoms with Crippen LogP contribution in [0.4, 0.5) is 11.6 Å². The summed E-state index contributed by atoms with van der Waals surface area (Å²) in [7, 11) is 0. The lowest BCUT2D eigenvalue weighted by Gasteiger charge is -2.16. The van der Waals surface area contributed by atoms with Gasteiger partial charge in [0.1, 0.15) is 29.5 Å². The normalized spacial score (nSPS) is 18.4. The third-order valence-corrected chi connectivity index (χ3v) is 11.3. The van der Waals surface area contributed by atoms with Crippen LogP contribution >= 0.6 is 11.3 Å². The van der Waals surface area contributed by atoms with E-state index in [0.717, 1.165) is 61.4 Å². The number of thiophene rings is 1. The van der Waals surface area contributed by atoms with Crippen molar-refractivity contribution in [1.29, 1.82) is 0 Å². The summed E-state index contributed by atoms with van der Waals surface area (Å²) in [5.74, 6) is 4.69. The van der Waals surface area contributed by atoms with E-state index in [1.54, 1.807) is 11.3 Å². The predicted molar refractivity (Wildman–Crippen MR) is 222 cm³/mol. The van der Waals surface area contributed by atoms with Crippen molar-refractivity contribution in [3.8, 4) is 10.4 Å². The van der Waals surface area contributed by atoms with E-state index in [4.69, 9.17) is 25.0 Å². The van der Waals surface area contributed by atoms with E-state index in [1.807, 2.05) is 42.5 Å². The van der Waals surface area contributed by atoms with Crippen molar-refractivity contribution in [2.45, 2.75) is 13.1 Å². The van der Waals surface area contributed by atoms with Gasteiger partial charge >= 0.3 is 0 Å². The topological polar surface area (TPSA) is 102 Å². The lowest BCUT2D eigenvalue weighted by Crippen LogP contribution is -2.36. The maximum atomic E-state index is 5.25. The number of aromatic nitrogens is 1. The molecular weight excluding hydrogens is 685 g/mol. The number of nitrogens with zero attached hydrogens (tertiary/aromatic N) is 5. The van der Waals surface area contributed by atoms with Crippen molar-refractivity contribution in [2.24, 2.45) is 25.0 Å². The highest BCUT2D eigenvalue weighted by atomic mass is 32.1. The van der Waals surface area contributed by atoms with Gasteiger partial charge in [0.05, 0.1) is 0 Å². The van der Waals surface area contributed by atoms with Crippen molar-refractivity contribution in [2.75, 3.05) is 0 Å². The Morgan fingerprint density at radius 1 is 0.537 bits per heavy atom. The van der Waals surface area contributed by atoms with Crippen LogP contribution in [-0.4, -0.2) is 34.2 Å². The maximum Gasteiger partial charge on any atom is 0.164 e. The van der Waals surface area contributed by atoms with E-state index in [9.17, 15) is 0 Å². The standard InChI is InChI=1S/C45H30N8S/c1-25-14-16-26(17-15-25)18-20-28-21-23-37(54-28)27-19-22-35-36(24-27)45-52-43-34-13-7-6-12-33(34)41(50-43)48-39-30-9-3-2-8-29(30)38(46-39)47-40-31-10-4-5-11-32(31)42(49-40)51-44(35)53-45/h2-24,42,50H,1H3,(H,51,52,53)(H,46,47,48,49)/b20-18+. The minimum Gasteiger partial charge on any atom is -0.346 e. The number of rotatable bonds is 3. The van der Waals surface area contributed by atoms with Crippen LogP contribution in [0.15, 0.2) is 152 Å². The zero-order chi connectivity index (χ0) is 35.8. The molecular formula is C45H30N8S. The minimum atomic E-state index is -0.276. The summed E-state index contributed by atoms with van der Waals surface area (Å²) in [6.07, 6.45) is 4.07. The van der Waals surface area contributed by atoms with Crippen molar-refractivity contribution in [3.05, 3.63) is 177 Å². The molecule has 2 aromatic heterocycles. The molecule has 3 N–H and O–H groups in total. The molecule has 9 heteroatoms. The van der Waals surface area contributed by atoms with E-state index in [2.05, 4.69) is 120 Å². The molecule has 256 valence electrons. The molecule has 7 aromatic rings. The first kappa shape index (κ1) is 30.6. The molecule has 0 aliphatic carbocycles. The average molecular weight is 715 g/mol. The second-order valence-corrected chi connectivity index (χ2v) is 14.8. The van der Waals surface area contributed by atoms with Gasteiger partial charge in [0.25, 0.3) is 0 Å². The van der Waals surface area contributed by atoms with Crippen molar-refractivity contribution in [3.63, 3.8) is 0 Å². The summed E-state index contributed by atoms with van der Waals surface area (Å²) in [6, 6.07) is 44.1. The highest BCUT2D eigenvalue weighted by Gasteiger charge is 2.32. The monoisotopic (exact) mass is 714 g/mol. The molecule has 6 heterocycles. The van der Waals surface area contributed by atoms with Gasteiger partial charge in [-0.05, 0) is 48.4 Å². The quantitative estimate of drug-likeness (QED) is 0.170. The Hall–Kier alpha value is -6.97. The van der Waals surface area contributed by atoms with Crippen LogP contribution in [0.2, 0.25) is 0 Å². The van der Waals surface area contributed by atoms with Gasteiger partial charge in [-0.2, -0.15) is 0 Å². The summed E-state index contributed by atoms with van der Waals surface area (Å²) < 4.78 is 0. The molecule has 1 atom stereocenters. The summed E-state index contributed by atoms with van der Waals surface area (Å²) >= 11 is 1.76. The van der Waals surface area contributed by atoms with Gasteiger partial charge in [-0.3, -0.25) is 0 Å². The largest absolute Gasteiger partial charge is 0.346 e. The molecule has 54 heavy (non-hydrogen) atoms. The van der Waals surface area contributed by atoms with Gasteiger partial charge in [-0.25, -0.2) is 25.0 Å². The highest BCUT2D eigenvalue weighted by Crippen LogP contribution is 2.38. The molecule has 5 aromatic carbocycles. The molecule has 0 radical (unpaired) electrons. The minimum absolute atomic E-state index is 0.276. The van der Waals surface area contributed by atoms with E-state index in [1.165, 1.54) is 20.9 Å². The number of hydrogen-bond donors (Lipinski definition) is 3. The predicted octanol–water partition coefficient (Wildman–Crippen LogP) is 9.70. The number of aliphatic imine (C=N–C) groups is 5. The molecule has 0 spiro atoms. The maximum absolute atomic E-state index is 5.25. The first-order valence-corrected chi connectivity index (χ1v) is 18.7. The third-order valence-electron chi connectivity index (χ3n) is 10.2. The van der Waals surface area contributed by atoms with Gasteiger partial charge < -0.3 is 15.6 Å². The summed E-state index contributed by atoms with van der Waals surface area (Å²) in [5.41, 5.74) is 9.45. The Kier molecular flexibility index (Phi) is 6.83. The number of aromatic amines is 1. The van der Waals surface area contributed by atoms with Crippen LogP contribution in [0, 0.1) is 6.92 Å². The molecule has 1 unspecified atom stereocenters. The molecule has 4 aliphatic heterocycles. The van der Waals surface area contributed by atoms with E-state index < -0.39 is 0 Å². The first-order valence-electron chi connectivity index (χ1n) is 17.9. The summed E-state index contributed by atoms with van der Waals surface area (Å²) in [6.45, 7) is 2.11. The van der Waals surface area contributed by atoms with E-state index in [-0.39, 0.29) is 6.17 Å². The van der Waals surface area contributed by atoms with Gasteiger partial charge in [-0.1, -0.05) is 115 Å². The van der Waals surface area contributed by atoms with E-state index >= 15 is 0 Å². The number of hydrogen-bond acceptors (Lipinski definition) is 8. The number of fused-ring (bicyclic) bond motifs is 18. The average Bonchev–Trinajstić information content (AvgIpc) is 4.03. The van der Waals surface area contributed by atoms with Crippen LogP contribution in [0.3, 0.4) is 0 Å². The van der Waals surface area contributed by atoms with Crippen molar-refractivity contribution in [1.82, 2.24) is 15.6 Å². The Balaban J connectivity index is 1.06. The fourth-order valence-electron chi connectivity index (χ4n) is 7.47. The lowest BCUT2D eigenvalue weighted by molar-refractivity contribution is 0.632. The Labute approximate surface area is 314 Å². The molecule has 0 fully saturated rings. The summed E-state index contributed by atoms with van der Waals surface area (Å²) in [5, 5.41) is 9.28. The Morgan fingerprint density at radius 3 is 1.91 bits per heavy atom. The van der Waals surface area contributed by atoms with Crippen LogP contribution in [0.5, 0.6) is 0 Å². The molecule has 4 aliphatic rings. The Bertz CT molecular complexity index is 2900. The highest BCUT2D eigenvalue weighted by molar-refractivity contribution is 7.16. The van der Waals surface area contributed by atoms with Gasteiger partial charge in [0.15, 0.2) is 17.5 Å². The van der Waals surface area contributed by atoms with Gasteiger partial charge in [0, 0.05) is 53.9 Å². The van der Waals surface area contributed by atoms with Crippen molar-refractivity contribution < 1.29 is 0 Å². The Morgan fingerprint density at radius 2 is 1.17 bits per heavy atom. The van der Waals surface area contributed by atoms with Crippen LogP contribution < -0.4 is 10.6 Å². The first-order chi connectivity index (χ1) is 26.6. The fraction of sp³-hybridized carbons (Fsp3) is 0.0444. The molecule has 8 bridgehead atoms. The smallest absolute Gasteiger partial charge is 0.164 e. The molecule has 8 nitrogen and oxygen atoms in total. The number of aryl methyl sites for hydroxylation is 1.